The highest BCUT2D eigenvalue weighted by molar-refractivity contribution is 6.10. The first kappa shape index (κ1) is 28.8. The van der Waals surface area contributed by atoms with Crippen LogP contribution in [0.15, 0.2) is 48.1 Å². The number of β-amino-alcohol motifs (C(OH)–C–C–N with tert-alkyl or cyclic N) is 1. The number of alkyl halides is 3. The van der Waals surface area contributed by atoms with Crippen molar-refractivity contribution in [3.8, 4) is 0 Å². The summed E-state index contributed by atoms with van der Waals surface area (Å²) in [5.41, 5.74) is -3.02. The quantitative estimate of drug-likeness (QED) is 0.345. The molecule has 8 unspecified atom stereocenters. The molecule has 8 rings (SSSR count). The molecule has 0 radical (unpaired) electrons. The first-order chi connectivity index (χ1) is 19.8. The molecular weight excluding hydrogens is 543 g/mol. The summed E-state index contributed by atoms with van der Waals surface area (Å²) < 4.78 is 46.7. The number of carbonyl (C=O) groups excluding carboxylic acids is 1. The van der Waals surface area contributed by atoms with Crippen molar-refractivity contribution in [3.63, 3.8) is 0 Å². The number of ketones is 1. The lowest BCUT2D eigenvalue weighted by Crippen LogP contribution is -2.67. The second-order valence-corrected chi connectivity index (χ2v) is 14.6. The Bertz CT molecular complexity index is 1350. The predicted octanol–water partition coefficient (Wildman–Crippen LogP) is 5.81. The standard InChI is InChI=1S/C34H42F3NO4/c1-29-9-6-24(39)19-31(29)12-13-33(25(20-31)28(40)22-4-3-5-23(18-22)34(35,36)37)26(29)7-10-30(2)27(33)8-11-32(30,41)21-38-14-16-42-17-15-38/h3-5,12-13,18,20,24,26-27,39,41H,6-11,14-17,19,21H2,1-2H3. The zero-order chi connectivity index (χ0) is 29.8. The van der Waals surface area contributed by atoms with Crippen LogP contribution in [0.1, 0.15) is 74.7 Å². The summed E-state index contributed by atoms with van der Waals surface area (Å²) in [7, 11) is 0. The van der Waals surface area contributed by atoms with E-state index < -0.39 is 39.7 Å². The number of rotatable bonds is 4. The van der Waals surface area contributed by atoms with Gasteiger partial charge in [0.25, 0.3) is 0 Å². The number of ether oxygens (including phenoxy) is 1. The average Bonchev–Trinajstić information content (AvgIpc) is 3.22. The molecule has 0 aromatic heterocycles. The van der Waals surface area contributed by atoms with Gasteiger partial charge in [-0.1, -0.05) is 44.2 Å². The van der Waals surface area contributed by atoms with Gasteiger partial charge in [-0.15, -0.1) is 0 Å². The van der Waals surface area contributed by atoms with E-state index in [1.54, 1.807) is 0 Å². The summed E-state index contributed by atoms with van der Waals surface area (Å²) >= 11 is 0. The van der Waals surface area contributed by atoms with Crippen LogP contribution in [0.25, 0.3) is 0 Å². The van der Waals surface area contributed by atoms with Crippen LogP contribution in [-0.4, -0.2) is 65.4 Å². The van der Waals surface area contributed by atoms with Crippen LogP contribution >= 0.6 is 0 Å². The Morgan fingerprint density at radius 2 is 1.71 bits per heavy atom. The van der Waals surface area contributed by atoms with Gasteiger partial charge in [-0.3, -0.25) is 9.69 Å². The summed E-state index contributed by atoms with van der Waals surface area (Å²) in [5.74, 6) is -0.292. The zero-order valence-electron chi connectivity index (χ0n) is 24.6. The Hall–Kier alpha value is -2.00. The summed E-state index contributed by atoms with van der Waals surface area (Å²) in [4.78, 5) is 16.8. The maximum absolute atomic E-state index is 14.5. The number of nitrogens with zero attached hydrogens (tertiary/aromatic N) is 1. The molecule has 8 atom stereocenters. The van der Waals surface area contributed by atoms with Crippen molar-refractivity contribution in [2.45, 2.75) is 76.7 Å². The van der Waals surface area contributed by atoms with Gasteiger partial charge in [0.15, 0.2) is 5.78 Å². The van der Waals surface area contributed by atoms with Gasteiger partial charge < -0.3 is 14.9 Å². The Morgan fingerprint density at radius 1 is 1.02 bits per heavy atom. The number of hydrogen-bond donors (Lipinski definition) is 2. The highest BCUT2D eigenvalue weighted by atomic mass is 19.4. The summed E-state index contributed by atoms with van der Waals surface area (Å²) in [5, 5.41) is 23.3. The van der Waals surface area contributed by atoms with Crippen LogP contribution in [0.5, 0.6) is 0 Å². The van der Waals surface area contributed by atoms with E-state index in [1.807, 2.05) is 0 Å². The van der Waals surface area contributed by atoms with Crippen molar-refractivity contribution in [1.82, 2.24) is 4.90 Å². The average molecular weight is 586 g/mol. The number of halogens is 3. The third kappa shape index (κ3) is 3.74. The Kier molecular flexibility index (Phi) is 6.34. The molecule has 3 saturated carbocycles. The number of hydrogen-bond acceptors (Lipinski definition) is 5. The van der Waals surface area contributed by atoms with Gasteiger partial charge in [0, 0.05) is 47.0 Å². The van der Waals surface area contributed by atoms with Crippen LogP contribution in [-0.2, 0) is 10.9 Å². The second kappa shape index (κ2) is 9.26. The van der Waals surface area contributed by atoms with E-state index in [0.717, 1.165) is 50.9 Å². The SMILES string of the molecule is CC12CCC(O)CC13C=CC1(C(C(=O)c4cccc(C(F)(F)F)c4)=C3)C2CCC2(C)C1CCC2(O)CN1CCOCC1. The molecule has 1 aromatic rings. The second-order valence-electron chi connectivity index (χ2n) is 14.6. The molecule has 8 heteroatoms. The molecule has 1 heterocycles. The number of fused-ring (bicyclic) bond motifs is 1. The van der Waals surface area contributed by atoms with Gasteiger partial charge in [-0.25, -0.2) is 0 Å². The molecule has 1 saturated heterocycles. The predicted molar refractivity (Wildman–Crippen MR) is 152 cm³/mol. The molecule has 42 heavy (non-hydrogen) atoms. The van der Waals surface area contributed by atoms with Crippen molar-refractivity contribution < 1.29 is 32.9 Å². The molecule has 1 aliphatic heterocycles. The Balaban J connectivity index is 1.36. The Labute approximate surface area is 245 Å². The number of aliphatic hydroxyl groups excluding tert-OH is 1. The van der Waals surface area contributed by atoms with E-state index >= 15 is 0 Å². The first-order valence-corrected chi connectivity index (χ1v) is 15.6. The van der Waals surface area contributed by atoms with Crippen LogP contribution in [0.2, 0.25) is 0 Å². The number of morpholine rings is 1. The summed E-state index contributed by atoms with van der Waals surface area (Å²) in [6, 6.07) is 4.80. The van der Waals surface area contributed by atoms with E-state index in [1.165, 1.54) is 12.1 Å². The number of Topliss-reactive ketones (excluding diaryl/α,β-unsaturated/α-hetero) is 1. The molecule has 0 amide bonds. The van der Waals surface area contributed by atoms with Gasteiger partial charge in [0.2, 0.25) is 0 Å². The normalized spacial score (nSPS) is 44.7. The van der Waals surface area contributed by atoms with Gasteiger partial charge in [0.1, 0.15) is 0 Å². The van der Waals surface area contributed by atoms with Crippen LogP contribution < -0.4 is 0 Å². The zero-order valence-corrected chi connectivity index (χ0v) is 24.6. The molecule has 4 fully saturated rings. The fourth-order valence-corrected chi connectivity index (χ4v) is 10.7. The van der Waals surface area contributed by atoms with Crippen molar-refractivity contribution in [2.24, 2.45) is 33.5 Å². The first-order valence-electron chi connectivity index (χ1n) is 15.6. The lowest BCUT2D eigenvalue weighted by atomic mass is 9.32. The van der Waals surface area contributed by atoms with Gasteiger partial charge in [-0.2, -0.15) is 13.2 Å². The third-order valence-corrected chi connectivity index (χ3v) is 13.0. The van der Waals surface area contributed by atoms with Crippen molar-refractivity contribution >= 4 is 5.78 Å². The molecule has 2 bridgehead atoms. The molecule has 7 aliphatic rings. The molecule has 2 N–H and O–H groups in total. The minimum atomic E-state index is -4.55. The largest absolute Gasteiger partial charge is 0.416 e. The molecule has 6 aliphatic carbocycles. The number of benzene rings is 1. The maximum atomic E-state index is 14.5. The van der Waals surface area contributed by atoms with Crippen LogP contribution in [0, 0.1) is 33.5 Å². The number of allylic oxidation sites excluding steroid dienone is 4. The maximum Gasteiger partial charge on any atom is 0.416 e. The number of aliphatic hydroxyl groups is 2. The van der Waals surface area contributed by atoms with E-state index in [-0.39, 0.29) is 28.6 Å². The van der Waals surface area contributed by atoms with E-state index in [4.69, 9.17) is 4.74 Å². The van der Waals surface area contributed by atoms with E-state index in [9.17, 15) is 28.2 Å². The fourth-order valence-electron chi connectivity index (χ4n) is 10.7. The summed E-state index contributed by atoms with van der Waals surface area (Å²) in [6.45, 7) is 7.91. The monoisotopic (exact) mass is 585 g/mol. The topological polar surface area (TPSA) is 70.0 Å². The van der Waals surface area contributed by atoms with E-state index in [2.05, 4.69) is 37.0 Å². The molecule has 228 valence electrons. The molecule has 5 nitrogen and oxygen atoms in total. The minimum Gasteiger partial charge on any atom is -0.393 e. The van der Waals surface area contributed by atoms with Gasteiger partial charge in [-0.05, 0) is 74.3 Å². The number of carbonyl (C=O) groups is 1. The van der Waals surface area contributed by atoms with Crippen LogP contribution in [0.3, 0.4) is 0 Å². The van der Waals surface area contributed by atoms with Crippen LogP contribution in [0.4, 0.5) is 13.2 Å². The lowest BCUT2D eigenvalue weighted by Gasteiger charge is -2.71. The third-order valence-electron chi connectivity index (χ3n) is 13.0. The Morgan fingerprint density at radius 3 is 2.45 bits per heavy atom. The highest BCUT2D eigenvalue weighted by Crippen LogP contribution is 2.78. The van der Waals surface area contributed by atoms with Crippen molar-refractivity contribution in [3.05, 3.63) is 59.2 Å². The van der Waals surface area contributed by atoms with Gasteiger partial charge in [0.05, 0.1) is 30.5 Å². The molecule has 1 aromatic carbocycles. The van der Waals surface area contributed by atoms with Crippen molar-refractivity contribution in [2.75, 3.05) is 32.8 Å². The lowest BCUT2D eigenvalue weighted by molar-refractivity contribution is -0.178. The van der Waals surface area contributed by atoms with Crippen molar-refractivity contribution in [1.29, 1.82) is 0 Å². The smallest absolute Gasteiger partial charge is 0.393 e. The molecule has 2 spiro atoms. The van der Waals surface area contributed by atoms with Gasteiger partial charge >= 0.3 is 6.18 Å². The summed E-state index contributed by atoms with van der Waals surface area (Å²) in [6.07, 6.45) is 6.51. The highest BCUT2D eigenvalue weighted by Gasteiger charge is 2.74. The minimum absolute atomic E-state index is 0.0333. The van der Waals surface area contributed by atoms with E-state index in [0.29, 0.717) is 44.6 Å². The molecular formula is C34H42F3NO4. The fraction of sp³-hybridized carbons (Fsp3) is 0.676.